The molecule has 0 bridgehead atoms. The zero-order valence-electron chi connectivity index (χ0n) is 9.31. The van der Waals surface area contributed by atoms with Crippen molar-refractivity contribution in [1.29, 1.82) is 0 Å². The summed E-state index contributed by atoms with van der Waals surface area (Å²) in [4.78, 5) is 29.2. The molecule has 0 aliphatic carbocycles. The van der Waals surface area contributed by atoms with Crippen molar-refractivity contribution in [3.8, 4) is 23.2 Å². The summed E-state index contributed by atoms with van der Waals surface area (Å²) < 4.78 is 4.98. The molecular formula is C10H6N6O3. The van der Waals surface area contributed by atoms with Gasteiger partial charge in [-0.3, -0.25) is 0 Å². The van der Waals surface area contributed by atoms with Gasteiger partial charge < -0.3 is 14.6 Å². The zero-order valence-corrected chi connectivity index (χ0v) is 9.31. The SMILES string of the molecule is O=C(O)c1nc[nH]c1-c1nc(-c2ncccn2)no1. The predicted octanol–water partition coefficient (Wildman–Crippen LogP) is 0.615. The number of aromatic carboxylic acids is 1. The summed E-state index contributed by atoms with van der Waals surface area (Å²) in [6.07, 6.45) is 4.32. The molecule has 3 aromatic rings. The number of aromatic nitrogens is 6. The number of nitrogens with zero attached hydrogens (tertiary/aromatic N) is 5. The summed E-state index contributed by atoms with van der Waals surface area (Å²) in [5, 5.41) is 12.6. The second-order valence-corrected chi connectivity index (χ2v) is 3.43. The van der Waals surface area contributed by atoms with E-state index >= 15 is 0 Å². The van der Waals surface area contributed by atoms with Crippen molar-refractivity contribution in [3.05, 3.63) is 30.5 Å². The van der Waals surface area contributed by atoms with Gasteiger partial charge in [-0.15, -0.1) is 0 Å². The smallest absolute Gasteiger partial charge is 0.356 e. The van der Waals surface area contributed by atoms with Crippen molar-refractivity contribution < 1.29 is 14.4 Å². The van der Waals surface area contributed by atoms with Crippen LogP contribution in [0.5, 0.6) is 0 Å². The van der Waals surface area contributed by atoms with Gasteiger partial charge in [0, 0.05) is 12.4 Å². The van der Waals surface area contributed by atoms with Crippen LogP contribution < -0.4 is 0 Å². The molecule has 94 valence electrons. The van der Waals surface area contributed by atoms with E-state index in [1.54, 1.807) is 6.07 Å². The zero-order chi connectivity index (χ0) is 13.2. The molecule has 0 amide bonds. The monoisotopic (exact) mass is 258 g/mol. The van der Waals surface area contributed by atoms with E-state index in [4.69, 9.17) is 9.63 Å². The Balaban J connectivity index is 2.02. The molecule has 3 aromatic heterocycles. The normalized spacial score (nSPS) is 10.5. The van der Waals surface area contributed by atoms with Crippen molar-refractivity contribution in [2.45, 2.75) is 0 Å². The lowest BCUT2D eigenvalue weighted by atomic mass is 10.3. The van der Waals surface area contributed by atoms with Gasteiger partial charge >= 0.3 is 5.97 Å². The molecule has 3 heterocycles. The van der Waals surface area contributed by atoms with Crippen LogP contribution >= 0.6 is 0 Å². The lowest BCUT2D eigenvalue weighted by Crippen LogP contribution is -1.99. The maximum absolute atomic E-state index is 10.9. The second kappa shape index (κ2) is 4.29. The summed E-state index contributed by atoms with van der Waals surface area (Å²) in [7, 11) is 0. The summed E-state index contributed by atoms with van der Waals surface area (Å²) >= 11 is 0. The summed E-state index contributed by atoms with van der Waals surface area (Å²) in [5.74, 6) is -0.722. The molecule has 0 radical (unpaired) electrons. The molecule has 0 aliphatic heterocycles. The first kappa shape index (κ1) is 11.0. The Labute approximate surface area is 105 Å². The van der Waals surface area contributed by atoms with E-state index in [0.717, 1.165) is 0 Å². The van der Waals surface area contributed by atoms with Gasteiger partial charge in [0.15, 0.2) is 5.69 Å². The topological polar surface area (TPSA) is 131 Å². The van der Waals surface area contributed by atoms with Crippen LogP contribution in [-0.4, -0.2) is 41.2 Å². The van der Waals surface area contributed by atoms with Gasteiger partial charge in [-0.2, -0.15) is 4.98 Å². The van der Waals surface area contributed by atoms with Crippen LogP contribution in [0.2, 0.25) is 0 Å². The molecule has 0 atom stereocenters. The number of imidazole rings is 1. The fourth-order valence-corrected chi connectivity index (χ4v) is 1.45. The largest absolute Gasteiger partial charge is 0.476 e. The Morgan fingerprint density at radius 2 is 2.00 bits per heavy atom. The van der Waals surface area contributed by atoms with Crippen LogP contribution in [0.1, 0.15) is 10.5 Å². The van der Waals surface area contributed by atoms with Crippen molar-refractivity contribution in [3.63, 3.8) is 0 Å². The van der Waals surface area contributed by atoms with Gasteiger partial charge in [-0.05, 0) is 6.07 Å². The Morgan fingerprint density at radius 1 is 1.21 bits per heavy atom. The molecule has 9 heteroatoms. The van der Waals surface area contributed by atoms with Crippen molar-refractivity contribution in [2.75, 3.05) is 0 Å². The van der Waals surface area contributed by atoms with Gasteiger partial charge in [0.25, 0.3) is 5.89 Å². The van der Waals surface area contributed by atoms with E-state index < -0.39 is 5.97 Å². The van der Waals surface area contributed by atoms with Crippen LogP contribution in [0.4, 0.5) is 0 Å². The maximum atomic E-state index is 10.9. The van der Waals surface area contributed by atoms with Gasteiger partial charge in [0.05, 0.1) is 6.33 Å². The lowest BCUT2D eigenvalue weighted by Gasteiger charge is -1.90. The predicted molar refractivity (Wildman–Crippen MR) is 59.9 cm³/mol. The minimum absolute atomic E-state index is 0.0114. The number of aromatic amines is 1. The Kier molecular flexibility index (Phi) is 2.49. The minimum atomic E-state index is -1.19. The number of H-pyrrole nitrogens is 1. The number of carboxylic acids is 1. The average molecular weight is 258 g/mol. The highest BCUT2D eigenvalue weighted by Gasteiger charge is 2.21. The first-order chi connectivity index (χ1) is 9.25. The van der Waals surface area contributed by atoms with Gasteiger partial charge in [-0.25, -0.2) is 19.7 Å². The van der Waals surface area contributed by atoms with E-state index in [1.165, 1.54) is 18.7 Å². The first-order valence-electron chi connectivity index (χ1n) is 5.14. The molecule has 0 aliphatic rings. The minimum Gasteiger partial charge on any atom is -0.476 e. The quantitative estimate of drug-likeness (QED) is 0.698. The van der Waals surface area contributed by atoms with Crippen LogP contribution in [0.15, 0.2) is 29.3 Å². The highest BCUT2D eigenvalue weighted by molar-refractivity contribution is 5.91. The number of nitrogens with one attached hydrogen (secondary N) is 1. The molecule has 0 aromatic carbocycles. The number of carbonyl (C=O) groups is 1. The van der Waals surface area contributed by atoms with E-state index in [-0.39, 0.29) is 28.9 Å². The second-order valence-electron chi connectivity index (χ2n) is 3.43. The maximum Gasteiger partial charge on any atom is 0.356 e. The molecular weight excluding hydrogens is 252 g/mol. The Bertz CT molecular complexity index is 720. The number of carboxylic acid groups (broad SMARTS) is 1. The van der Waals surface area contributed by atoms with E-state index in [2.05, 4.69) is 30.1 Å². The fourth-order valence-electron chi connectivity index (χ4n) is 1.45. The van der Waals surface area contributed by atoms with Crippen molar-refractivity contribution in [1.82, 2.24) is 30.1 Å². The van der Waals surface area contributed by atoms with Gasteiger partial charge in [0.2, 0.25) is 11.6 Å². The summed E-state index contributed by atoms with van der Waals surface area (Å²) in [6, 6.07) is 1.65. The van der Waals surface area contributed by atoms with Gasteiger partial charge in [0.1, 0.15) is 5.69 Å². The molecule has 0 saturated carbocycles. The first-order valence-corrected chi connectivity index (χ1v) is 5.14. The van der Waals surface area contributed by atoms with Crippen LogP contribution in [-0.2, 0) is 0 Å². The average Bonchev–Trinajstić information content (AvgIpc) is 3.08. The molecule has 3 rings (SSSR count). The van der Waals surface area contributed by atoms with Crippen LogP contribution in [0, 0.1) is 0 Å². The highest BCUT2D eigenvalue weighted by Crippen LogP contribution is 2.20. The Hall–Kier alpha value is -3.10. The summed E-state index contributed by atoms with van der Waals surface area (Å²) in [5.41, 5.74) is -0.0497. The third-order valence-corrected chi connectivity index (χ3v) is 2.25. The van der Waals surface area contributed by atoms with Crippen molar-refractivity contribution >= 4 is 5.97 Å². The number of hydrogen-bond donors (Lipinski definition) is 2. The molecule has 0 fully saturated rings. The molecule has 2 N–H and O–H groups in total. The summed E-state index contributed by atoms with van der Waals surface area (Å²) in [6.45, 7) is 0. The van der Waals surface area contributed by atoms with Gasteiger partial charge in [-0.1, -0.05) is 5.16 Å². The molecule has 0 saturated heterocycles. The number of hydrogen-bond acceptors (Lipinski definition) is 7. The third kappa shape index (κ3) is 1.92. The Morgan fingerprint density at radius 3 is 2.74 bits per heavy atom. The van der Waals surface area contributed by atoms with Crippen molar-refractivity contribution in [2.24, 2.45) is 0 Å². The molecule has 19 heavy (non-hydrogen) atoms. The lowest BCUT2D eigenvalue weighted by molar-refractivity contribution is 0.0691. The molecule has 0 spiro atoms. The fraction of sp³-hybridized carbons (Fsp3) is 0. The number of rotatable bonds is 3. The molecule has 0 unspecified atom stereocenters. The molecule has 9 nitrogen and oxygen atoms in total. The van der Waals surface area contributed by atoms with Crippen LogP contribution in [0.25, 0.3) is 23.2 Å². The third-order valence-electron chi connectivity index (χ3n) is 2.25. The standard InChI is InChI=1S/C10H6N6O3/c17-10(18)6-5(13-4-14-6)9-15-8(16-19-9)7-11-2-1-3-12-7/h1-4H,(H,13,14)(H,17,18). The van der Waals surface area contributed by atoms with Crippen LogP contribution in [0.3, 0.4) is 0 Å². The van der Waals surface area contributed by atoms with E-state index in [0.29, 0.717) is 0 Å². The highest BCUT2D eigenvalue weighted by atomic mass is 16.5. The van der Waals surface area contributed by atoms with E-state index in [1.807, 2.05) is 0 Å². The van der Waals surface area contributed by atoms with E-state index in [9.17, 15) is 4.79 Å².